The zero-order chi connectivity index (χ0) is 14.2. The SMILES string of the molecule is Cc1ccc(C(=O)N2C(C)SCC2C(=O)O)c(Cl)c1. The molecule has 2 atom stereocenters. The molecule has 0 spiro atoms. The lowest BCUT2D eigenvalue weighted by molar-refractivity contribution is -0.141. The average molecular weight is 300 g/mol. The number of aryl methyl sites for hydroxylation is 1. The molecule has 0 radical (unpaired) electrons. The molecule has 1 aliphatic rings. The van der Waals surface area contributed by atoms with Crippen molar-refractivity contribution >= 4 is 35.2 Å². The van der Waals surface area contributed by atoms with Crippen LogP contribution < -0.4 is 0 Å². The van der Waals surface area contributed by atoms with E-state index in [2.05, 4.69) is 0 Å². The van der Waals surface area contributed by atoms with Gasteiger partial charge in [-0.25, -0.2) is 4.79 Å². The molecule has 0 bridgehead atoms. The third-order valence-corrected chi connectivity index (χ3v) is 4.63. The third kappa shape index (κ3) is 2.72. The molecule has 1 aromatic carbocycles. The lowest BCUT2D eigenvalue weighted by Crippen LogP contribution is -2.44. The summed E-state index contributed by atoms with van der Waals surface area (Å²) in [5.41, 5.74) is 1.31. The zero-order valence-corrected chi connectivity index (χ0v) is 12.2. The minimum atomic E-state index is -0.978. The van der Waals surface area contributed by atoms with Crippen molar-refractivity contribution in [2.75, 3.05) is 5.75 Å². The summed E-state index contributed by atoms with van der Waals surface area (Å²) in [6, 6.07) is 4.36. The van der Waals surface area contributed by atoms with Crippen molar-refractivity contribution < 1.29 is 14.7 Å². The first kappa shape index (κ1) is 14.2. The van der Waals surface area contributed by atoms with E-state index < -0.39 is 12.0 Å². The highest BCUT2D eigenvalue weighted by molar-refractivity contribution is 8.00. The van der Waals surface area contributed by atoms with Gasteiger partial charge in [-0.1, -0.05) is 17.7 Å². The molecule has 1 aliphatic heterocycles. The number of benzene rings is 1. The molecule has 0 saturated carbocycles. The summed E-state index contributed by atoms with van der Waals surface area (Å²) in [4.78, 5) is 25.1. The van der Waals surface area contributed by atoms with Crippen molar-refractivity contribution in [1.82, 2.24) is 4.90 Å². The summed E-state index contributed by atoms with van der Waals surface area (Å²) < 4.78 is 0. The fourth-order valence-corrected chi connectivity index (χ4v) is 3.56. The maximum absolute atomic E-state index is 12.5. The van der Waals surface area contributed by atoms with Crippen LogP contribution in [0, 0.1) is 6.92 Å². The van der Waals surface area contributed by atoms with Crippen molar-refractivity contribution in [2.24, 2.45) is 0 Å². The van der Waals surface area contributed by atoms with Gasteiger partial charge in [-0.05, 0) is 31.5 Å². The summed E-state index contributed by atoms with van der Waals surface area (Å²) >= 11 is 7.53. The number of thioether (sulfide) groups is 1. The number of carbonyl (C=O) groups is 2. The van der Waals surface area contributed by atoms with E-state index in [4.69, 9.17) is 11.6 Å². The second-order valence-electron chi connectivity index (χ2n) is 4.48. The lowest BCUT2D eigenvalue weighted by atomic mass is 10.1. The second kappa shape index (κ2) is 5.43. The number of halogens is 1. The van der Waals surface area contributed by atoms with Crippen LogP contribution in [0.2, 0.25) is 5.02 Å². The molecule has 2 unspecified atom stereocenters. The maximum Gasteiger partial charge on any atom is 0.327 e. The van der Waals surface area contributed by atoms with E-state index in [0.717, 1.165) is 5.56 Å². The van der Waals surface area contributed by atoms with Crippen LogP contribution in [0.15, 0.2) is 18.2 Å². The van der Waals surface area contributed by atoms with Crippen LogP contribution in [0.4, 0.5) is 0 Å². The van der Waals surface area contributed by atoms with Gasteiger partial charge in [-0.3, -0.25) is 4.79 Å². The van der Waals surface area contributed by atoms with E-state index in [0.29, 0.717) is 16.3 Å². The molecule has 1 saturated heterocycles. The summed E-state index contributed by atoms with van der Waals surface area (Å²) in [6.45, 7) is 3.71. The van der Waals surface area contributed by atoms with E-state index >= 15 is 0 Å². The number of aliphatic carboxylic acids is 1. The van der Waals surface area contributed by atoms with E-state index in [-0.39, 0.29) is 11.3 Å². The standard InChI is InChI=1S/C13H14ClNO3S/c1-7-3-4-9(10(14)5-7)12(16)15-8(2)19-6-11(15)13(17)18/h3-5,8,11H,6H2,1-2H3,(H,17,18). The summed E-state index contributed by atoms with van der Waals surface area (Å²) in [5.74, 6) is -0.894. The number of amides is 1. The molecule has 2 rings (SSSR count). The Morgan fingerprint density at radius 3 is 2.74 bits per heavy atom. The number of carboxylic acids is 1. The number of nitrogens with zero attached hydrogens (tertiary/aromatic N) is 1. The Balaban J connectivity index is 2.34. The quantitative estimate of drug-likeness (QED) is 0.912. The molecule has 1 heterocycles. The Morgan fingerprint density at radius 2 is 2.16 bits per heavy atom. The van der Waals surface area contributed by atoms with Gasteiger partial charge in [0.1, 0.15) is 6.04 Å². The molecule has 0 aliphatic carbocycles. The molecule has 4 nitrogen and oxygen atoms in total. The van der Waals surface area contributed by atoms with E-state index in [1.54, 1.807) is 18.2 Å². The predicted molar refractivity (Wildman–Crippen MR) is 75.7 cm³/mol. The summed E-state index contributed by atoms with van der Waals surface area (Å²) in [6.07, 6.45) is 0. The minimum Gasteiger partial charge on any atom is -0.480 e. The first-order valence-electron chi connectivity index (χ1n) is 5.85. The van der Waals surface area contributed by atoms with Crippen LogP contribution in [0.5, 0.6) is 0 Å². The number of carbonyl (C=O) groups excluding carboxylic acids is 1. The van der Waals surface area contributed by atoms with Gasteiger partial charge in [0.05, 0.1) is 16.0 Å². The molecular weight excluding hydrogens is 286 g/mol. The summed E-state index contributed by atoms with van der Waals surface area (Å²) in [5, 5.41) is 9.37. The number of rotatable bonds is 2. The first-order chi connectivity index (χ1) is 8.91. The fraction of sp³-hybridized carbons (Fsp3) is 0.385. The monoisotopic (exact) mass is 299 g/mol. The van der Waals surface area contributed by atoms with Gasteiger partial charge >= 0.3 is 5.97 Å². The minimum absolute atomic E-state index is 0.161. The highest BCUT2D eigenvalue weighted by Crippen LogP contribution is 2.31. The molecule has 1 aromatic rings. The van der Waals surface area contributed by atoms with Gasteiger partial charge in [0.2, 0.25) is 0 Å². The van der Waals surface area contributed by atoms with Crippen LogP contribution in [0.1, 0.15) is 22.8 Å². The van der Waals surface area contributed by atoms with Gasteiger partial charge in [-0.2, -0.15) is 0 Å². The van der Waals surface area contributed by atoms with Gasteiger partial charge in [0.15, 0.2) is 0 Å². The van der Waals surface area contributed by atoms with E-state index in [9.17, 15) is 14.7 Å². The summed E-state index contributed by atoms with van der Waals surface area (Å²) in [7, 11) is 0. The molecule has 0 aromatic heterocycles. The van der Waals surface area contributed by atoms with Gasteiger partial charge < -0.3 is 10.0 Å². The second-order valence-corrected chi connectivity index (χ2v) is 6.24. The van der Waals surface area contributed by atoms with Crippen LogP contribution in [-0.2, 0) is 4.79 Å². The van der Waals surface area contributed by atoms with Crippen molar-refractivity contribution in [3.05, 3.63) is 34.3 Å². The van der Waals surface area contributed by atoms with Crippen molar-refractivity contribution in [2.45, 2.75) is 25.3 Å². The third-order valence-electron chi connectivity index (χ3n) is 3.10. The Kier molecular flexibility index (Phi) is 4.06. The van der Waals surface area contributed by atoms with Crippen LogP contribution in [0.25, 0.3) is 0 Å². The Bertz CT molecular complexity index is 535. The normalized spacial score (nSPS) is 22.6. The molecular formula is C13H14ClNO3S. The number of hydrogen-bond donors (Lipinski definition) is 1. The maximum atomic E-state index is 12.5. The molecule has 102 valence electrons. The Hall–Kier alpha value is -1.20. The van der Waals surface area contributed by atoms with E-state index in [1.165, 1.54) is 16.7 Å². The molecule has 1 fully saturated rings. The van der Waals surface area contributed by atoms with Gasteiger partial charge in [0.25, 0.3) is 5.91 Å². The molecule has 6 heteroatoms. The van der Waals surface area contributed by atoms with Crippen molar-refractivity contribution in [1.29, 1.82) is 0 Å². The number of carboxylic acid groups (broad SMARTS) is 1. The van der Waals surface area contributed by atoms with Crippen LogP contribution in [-0.4, -0.2) is 39.1 Å². The highest BCUT2D eigenvalue weighted by Gasteiger charge is 2.40. The zero-order valence-electron chi connectivity index (χ0n) is 10.6. The molecule has 19 heavy (non-hydrogen) atoms. The van der Waals surface area contributed by atoms with Gasteiger partial charge in [-0.15, -0.1) is 11.8 Å². The lowest BCUT2D eigenvalue weighted by Gasteiger charge is -2.25. The highest BCUT2D eigenvalue weighted by atomic mass is 35.5. The average Bonchev–Trinajstić information content (AvgIpc) is 2.70. The number of hydrogen-bond acceptors (Lipinski definition) is 3. The molecule has 1 amide bonds. The fourth-order valence-electron chi connectivity index (χ4n) is 2.07. The van der Waals surface area contributed by atoms with Gasteiger partial charge in [0, 0.05) is 5.75 Å². The smallest absolute Gasteiger partial charge is 0.327 e. The van der Waals surface area contributed by atoms with Crippen molar-refractivity contribution in [3.63, 3.8) is 0 Å². The van der Waals surface area contributed by atoms with E-state index in [1.807, 2.05) is 13.8 Å². The first-order valence-corrected chi connectivity index (χ1v) is 7.27. The van der Waals surface area contributed by atoms with Crippen LogP contribution in [0.3, 0.4) is 0 Å². The topological polar surface area (TPSA) is 57.6 Å². The van der Waals surface area contributed by atoms with Crippen LogP contribution >= 0.6 is 23.4 Å². The Labute approximate surface area is 120 Å². The molecule has 1 N–H and O–H groups in total. The largest absolute Gasteiger partial charge is 0.480 e. The van der Waals surface area contributed by atoms with Crippen molar-refractivity contribution in [3.8, 4) is 0 Å². The Morgan fingerprint density at radius 1 is 1.47 bits per heavy atom. The predicted octanol–water partition coefficient (Wildman–Crippen LogP) is 2.64.